The van der Waals surface area contributed by atoms with Crippen molar-refractivity contribution in [1.29, 1.82) is 0 Å². The highest BCUT2D eigenvalue weighted by atomic mass is 16.5. The number of nitrogens with two attached hydrogens (primary N) is 1. The van der Waals surface area contributed by atoms with Crippen molar-refractivity contribution in [3.8, 4) is 0 Å². The molecule has 0 aromatic carbocycles. The summed E-state index contributed by atoms with van der Waals surface area (Å²) in [7, 11) is 1.64. The number of imidazole rings is 1. The standard InChI is InChI=1S/C6H11N3O/c1-10-5-9-3-6(2-7)8-4-9/h3-4H,2,5,7H2,1H3. The second-order valence-corrected chi connectivity index (χ2v) is 2.00. The third-order valence-corrected chi connectivity index (χ3v) is 1.17. The van der Waals surface area contributed by atoms with E-state index in [2.05, 4.69) is 4.98 Å². The van der Waals surface area contributed by atoms with Gasteiger partial charge in [0.05, 0.1) is 12.0 Å². The number of aromatic nitrogens is 2. The summed E-state index contributed by atoms with van der Waals surface area (Å²) in [4.78, 5) is 4.01. The molecule has 1 rings (SSSR count). The largest absolute Gasteiger partial charge is 0.364 e. The third-order valence-electron chi connectivity index (χ3n) is 1.17. The Morgan fingerprint density at radius 3 is 3.10 bits per heavy atom. The van der Waals surface area contributed by atoms with E-state index in [1.807, 2.05) is 10.8 Å². The fourth-order valence-electron chi connectivity index (χ4n) is 0.731. The van der Waals surface area contributed by atoms with Crippen LogP contribution in [0.3, 0.4) is 0 Å². The lowest BCUT2D eigenvalue weighted by Gasteiger charge is -1.95. The van der Waals surface area contributed by atoms with Gasteiger partial charge in [-0.3, -0.25) is 0 Å². The number of hydrogen-bond acceptors (Lipinski definition) is 3. The lowest BCUT2D eigenvalue weighted by Crippen LogP contribution is -1.97. The first-order valence-electron chi connectivity index (χ1n) is 3.06. The van der Waals surface area contributed by atoms with Crippen molar-refractivity contribution in [2.45, 2.75) is 13.3 Å². The topological polar surface area (TPSA) is 53.1 Å². The van der Waals surface area contributed by atoms with Crippen LogP contribution in [0.4, 0.5) is 0 Å². The van der Waals surface area contributed by atoms with E-state index in [0.717, 1.165) is 5.69 Å². The molecule has 4 heteroatoms. The highest BCUT2D eigenvalue weighted by Gasteiger charge is 1.93. The second-order valence-electron chi connectivity index (χ2n) is 2.00. The van der Waals surface area contributed by atoms with Gasteiger partial charge in [0.25, 0.3) is 0 Å². The lowest BCUT2D eigenvalue weighted by atomic mass is 10.5. The van der Waals surface area contributed by atoms with Crippen LogP contribution in [0.2, 0.25) is 0 Å². The first-order valence-corrected chi connectivity index (χ1v) is 3.06. The van der Waals surface area contributed by atoms with Crippen molar-refractivity contribution in [3.05, 3.63) is 18.2 Å². The van der Waals surface area contributed by atoms with E-state index in [9.17, 15) is 0 Å². The van der Waals surface area contributed by atoms with Gasteiger partial charge in [-0.25, -0.2) is 4.98 Å². The van der Waals surface area contributed by atoms with E-state index < -0.39 is 0 Å². The number of hydrogen-bond donors (Lipinski definition) is 1. The van der Waals surface area contributed by atoms with Crippen LogP contribution in [0, 0.1) is 0 Å². The Balaban J connectivity index is 2.59. The van der Waals surface area contributed by atoms with Gasteiger partial charge in [0, 0.05) is 19.9 Å². The van der Waals surface area contributed by atoms with E-state index >= 15 is 0 Å². The molecular weight excluding hydrogens is 130 g/mol. The van der Waals surface area contributed by atoms with E-state index in [1.165, 1.54) is 0 Å². The van der Waals surface area contributed by atoms with Gasteiger partial charge < -0.3 is 15.0 Å². The molecule has 1 aromatic heterocycles. The average Bonchev–Trinajstić information content (AvgIpc) is 2.37. The van der Waals surface area contributed by atoms with Crippen LogP contribution in [0.5, 0.6) is 0 Å². The number of methoxy groups -OCH3 is 1. The maximum atomic E-state index is 5.34. The van der Waals surface area contributed by atoms with Gasteiger partial charge in [-0.05, 0) is 0 Å². The van der Waals surface area contributed by atoms with Crippen molar-refractivity contribution in [2.24, 2.45) is 5.73 Å². The molecule has 56 valence electrons. The van der Waals surface area contributed by atoms with Crippen LogP contribution in [0.15, 0.2) is 12.5 Å². The number of rotatable bonds is 3. The van der Waals surface area contributed by atoms with E-state index in [-0.39, 0.29) is 0 Å². The molecule has 0 aliphatic carbocycles. The molecule has 0 spiro atoms. The Labute approximate surface area is 59.6 Å². The molecule has 0 fully saturated rings. The van der Waals surface area contributed by atoms with E-state index in [0.29, 0.717) is 13.3 Å². The first kappa shape index (κ1) is 7.24. The molecule has 0 saturated heterocycles. The second kappa shape index (κ2) is 3.34. The van der Waals surface area contributed by atoms with Crippen LogP contribution in [-0.4, -0.2) is 16.7 Å². The minimum absolute atomic E-state index is 0.483. The zero-order chi connectivity index (χ0) is 7.40. The van der Waals surface area contributed by atoms with Crippen molar-refractivity contribution in [1.82, 2.24) is 9.55 Å². The van der Waals surface area contributed by atoms with Gasteiger partial charge in [-0.15, -0.1) is 0 Å². The fourth-order valence-corrected chi connectivity index (χ4v) is 0.731. The molecular formula is C6H11N3O. The van der Waals surface area contributed by atoms with Gasteiger partial charge in [0.1, 0.15) is 6.73 Å². The Hall–Kier alpha value is -0.870. The summed E-state index contributed by atoms with van der Waals surface area (Å²) in [6.45, 7) is 1.02. The summed E-state index contributed by atoms with van der Waals surface area (Å²) < 4.78 is 6.70. The summed E-state index contributed by atoms with van der Waals surface area (Å²) in [6, 6.07) is 0. The van der Waals surface area contributed by atoms with Crippen molar-refractivity contribution >= 4 is 0 Å². The Kier molecular flexibility index (Phi) is 2.42. The van der Waals surface area contributed by atoms with Crippen molar-refractivity contribution < 1.29 is 4.74 Å². The van der Waals surface area contributed by atoms with Gasteiger partial charge >= 0.3 is 0 Å². The Morgan fingerprint density at radius 2 is 2.60 bits per heavy atom. The summed E-state index contributed by atoms with van der Waals surface area (Å²) in [5.74, 6) is 0. The molecule has 2 N–H and O–H groups in total. The molecule has 0 aliphatic heterocycles. The molecule has 0 saturated carbocycles. The van der Waals surface area contributed by atoms with Crippen LogP contribution in [0.1, 0.15) is 5.69 Å². The zero-order valence-electron chi connectivity index (χ0n) is 5.95. The monoisotopic (exact) mass is 141 g/mol. The summed E-state index contributed by atoms with van der Waals surface area (Å²) in [5.41, 5.74) is 6.23. The van der Waals surface area contributed by atoms with Gasteiger partial charge in [0.15, 0.2) is 0 Å². The number of ether oxygens (including phenoxy) is 1. The summed E-state index contributed by atoms with van der Waals surface area (Å²) >= 11 is 0. The molecule has 1 heterocycles. The van der Waals surface area contributed by atoms with Gasteiger partial charge in [-0.2, -0.15) is 0 Å². The fraction of sp³-hybridized carbons (Fsp3) is 0.500. The Morgan fingerprint density at radius 1 is 1.80 bits per heavy atom. The molecule has 10 heavy (non-hydrogen) atoms. The summed E-state index contributed by atoms with van der Waals surface area (Å²) in [6.07, 6.45) is 3.56. The Bertz CT molecular complexity index is 197. The minimum Gasteiger partial charge on any atom is -0.364 e. The average molecular weight is 141 g/mol. The first-order chi connectivity index (χ1) is 4.86. The lowest BCUT2D eigenvalue weighted by molar-refractivity contribution is 0.131. The minimum atomic E-state index is 0.483. The molecule has 0 aliphatic rings. The maximum Gasteiger partial charge on any atom is 0.123 e. The predicted octanol–water partition coefficient (Wildman–Crippen LogP) is -0.0543. The van der Waals surface area contributed by atoms with Crippen molar-refractivity contribution in [2.75, 3.05) is 7.11 Å². The molecule has 0 bridgehead atoms. The molecule has 1 aromatic rings. The van der Waals surface area contributed by atoms with Crippen LogP contribution >= 0.6 is 0 Å². The molecule has 0 amide bonds. The van der Waals surface area contributed by atoms with E-state index in [1.54, 1.807) is 13.4 Å². The quantitative estimate of drug-likeness (QED) is 0.641. The molecule has 0 atom stereocenters. The van der Waals surface area contributed by atoms with Gasteiger partial charge in [-0.1, -0.05) is 0 Å². The zero-order valence-corrected chi connectivity index (χ0v) is 5.95. The van der Waals surface area contributed by atoms with Crippen LogP contribution in [-0.2, 0) is 18.0 Å². The normalized spacial score (nSPS) is 10.2. The van der Waals surface area contributed by atoms with Crippen LogP contribution < -0.4 is 5.73 Å². The molecule has 4 nitrogen and oxygen atoms in total. The van der Waals surface area contributed by atoms with Crippen molar-refractivity contribution in [3.63, 3.8) is 0 Å². The smallest absolute Gasteiger partial charge is 0.123 e. The highest BCUT2D eigenvalue weighted by molar-refractivity contribution is 4.94. The van der Waals surface area contributed by atoms with Crippen LogP contribution in [0.25, 0.3) is 0 Å². The number of nitrogens with zero attached hydrogens (tertiary/aromatic N) is 2. The summed E-state index contributed by atoms with van der Waals surface area (Å²) in [5, 5.41) is 0. The SMILES string of the molecule is COCn1cnc(CN)c1. The molecule has 0 unspecified atom stereocenters. The maximum absolute atomic E-state index is 5.34. The molecule has 0 radical (unpaired) electrons. The van der Waals surface area contributed by atoms with E-state index in [4.69, 9.17) is 10.5 Å². The predicted molar refractivity (Wildman–Crippen MR) is 37.1 cm³/mol. The third kappa shape index (κ3) is 1.55. The highest BCUT2D eigenvalue weighted by Crippen LogP contribution is 1.93. The van der Waals surface area contributed by atoms with Gasteiger partial charge in [0.2, 0.25) is 0 Å².